The minimum absolute atomic E-state index is 0.586. The smallest absolute Gasteiger partial charge is 0.186 e. The number of ether oxygens (including phenoxy) is 1. The Hall–Kier alpha value is -0.660. The highest BCUT2D eigenvalue weighted by atomic mass is 16.5. The van der Waals surface area contributed by atoms with Crippen molar-refractivity contribution in [2.24, 2.45) is 11.8 Å². The van der Waals surface area contributed by atoms with E-state index in [1.165, 1.54) is 5.57 Å². The third-order valence-electron chi connectivity index (χ3n) is 2.44. The van der Waals surface area contributed by atoms with Crippen LogP contribution in [0.5, 0.6) is 0 Å². The maximum Gasteiger partial charge on any atom is 0.186 e. The fraction of sp³-hybridized carbons (Fsp3) is 0.800. The van der Waals surface area contributed by atoms with Gasteiger partial charge in [-0.3, -0.25) is 0 Å². The second-order valence-electron chi connectivity index (χ2n) is 3.73. The van der Waals surface area contributed by atoms with E-state index in [1.807, 2.05) is 7.05 Å². The topological polar surface area (TPSA) is 21.3 Å². The molecule has 1 aliphatic heterocycles. The molecule has 0 radical (unpaired) electrons. The third-order valence-corrected chi connectivity index (χ3v) is 2.44. The zero-order valence-corrected chi connectivity index (χ0v) is 8.48. The van der Waals surface area contributed by atoms with Crippen LogP contribution in [0.2, 0.25) is 0 Å². The summed E-state index contributed by atoms with van der Waals surface area (Å²) < 4.78 is 5.54. The standard InChI is InChI=1S/C10H19NO/c1-7(2)9-8(3)5-6-12-10(9)11-4/h7-8,11H,5-6H2,1-4H3. The molecule has 2 nitrogen and oxygen atoms in total. The second-order valence-corrected chi connectivity index (χ2v) is 3.73. The van der Waals surface area contributed by atoms with Gasteiger partial charge in [-0.15, -0.1) is 0 Å². The van der Waals surface area contributed by atoms with Crippen molar-refractivity contribution in [2.75, 3.05) is 13.7 Å². The molecule has 70 valence electrons. The molecule has 1 N–H and O–H groups in total. The molecule has 0 aliphatic carbocycles. The van der Waals surface area contributed by atoms with E-state index in [9.17, 15) is 0 Å². The van der Waals surface area contributed by atoms with Crippen LogP contribution in [0.3, 0.4) is 0 Å². The molecule has 1 rings (SSSR count). The lowest BCUT2D eigenvalue weighted by Gasteiger charge is -2.28. The van der Waals surface area contributed by atoms with Crippen molar-refractivity contribution in [3.8, 4) is 0 Å². The maximum atomic E-state index is 5.54. The van der Waals surface area contributed by atoms with Gasteiger partial charge in [0.05, 0.1) is 6.61 Å². The first-order chi connectivity index (χ1) is 5.66. The second kappa shape index (κ2) is 3.83. The lowest BCUT2D eigenvalue weighted by Crippen LogP contribution is -2.24. The van der Waals surface area contributed by atoms with Gasteiger partial charge in [0.25, 0.3) is 0 Å². The molecule has 0 saturated heterocycles. The van der Waals surface area contributed by atoms with E-state index < -0.39 is 0 Å². The van der Waals surface area contributed by atoms with Crippen LogP contribution in [0.25, 0.3) is 0 Å². The quantitative estimate of drug-likeness (QED) is 0.683. The summed E-state index contributed by atoms with van der Waals surface area (Å²) in [6.45, 7) is 7.57. The summed E-state index contributed by atoms with van der Waals surface area (Å²) in [5, 5.41) is 3.12. The molecular weight excluding hydrogens is 150 g/mol. The van der Waals surface area contributed by atoms with Gasteiger partial charge in [-0.1, -0.05) is 20.8 Å². The molecular formula is C10H19NO. The van der Waals surface area contributed by atoms with Crippen molar-refractivity contribution in [3.63, 3.8) is 0 Å². The van der Waals surface area contributed by atoms with Crippen molar-refractivity contribution in [1.82, 2.24) is 5.32 Å². The highest BCUT2D eigenvalue weighted by Crippen LogP contribution is 2.29. The van der Waals surface area contributed by atoms with E-state index in [0.717, 1.165) is 18.9 Å². The van der Waals surface area contributed by atoms with Crippen molar-refractivity contribution in [3.05, 3.63) is 11.5 Å². The Morgan fingerprint density at radius 3 is 2.58 bits per heavy atom. The molecule has 1 atom stereocenters. The number of hydrogen-bond acceptors (Lipinski definition) is 2. The Balaban J connectivity index is 2.87. The Morgan fingerprint density at radius 1 is 1.50 bits per heavy atom. The average molecular weight is 169 g/mol. The van der Waals surface area contributed by atoms with E-state index in [-0.39, 0.29) is 0 Å². The lowest BCUT2D eigenvalue weighted by atomic mass is 9.88. The molecule has 0 saturated carbocycles. The maximum absolute atomic E-state index is 5.54. The predicted molar refractivity (Wildman–Crippen MR) is 50.7 cm³/mol. The number of rotatable bonds is 2. The molecule has 0 aromatic rings. The summed E-state index contributed by atoms with van der Waals surface area (Å²) in [5.41, 5.74) is 1.43. The molecule has 0 aromatic heterocycles. The Labute approximate surface area is 75.0 Å². The largest absolute Gasteiger partial charge is 0.479 e. The fourth-order valence-electron chi connectivity index (χ4n) is 1.85. The van der Waals surface area contributed by atoms with Gasteiger partial charge in [0.15, 0.2) is 5.88 Å². The van der Waals surface area contributed by atoms with Gasteiger partial charge >= 0.3 is 0 Å². The minimum atomic E-state index is 0.586. The van der Waals surface area contributed by atoms with Crippen molar-refractivity contribution in [2.45, 2.75) is 27.2 Å². The van der Waals surface area contributed by atoms with Gasteiger partial charge in [-0.05, 0) is 23.8 Å². The first kappa shape index (κ1) is 9.43. The fourth-order valence-corrected chi connectivity index (χ4v) is 1.85. The summed E-state index contributed by atoms with van der Waals surface area (Å²) in [6.07, 6.45) is 1.15. The molecule has 12 heavy (non-hydrogen) atoms. The van der Waals surface area contributed by atoms with Crippen LogP contribution >= 0.6 is 0 Å². The molecule has 0 amide bonds. The summed E-state index contributed by atoms with van der Waals surface area (Å²) >= 11 is 0. The minimum Gasteiger partial charge on any atom is -0.479 e. The van der Waals surface area contributed by atoms with Gasteiger partial charge in [0.1, 0.15) is 0 Å². The molecule has 0 spiro atoms. The van der Waals surface area contributed by atoms with Gasteiger partial charge < -0.3 is 10.1 Å². The normalized spacial score (nSPS) is 24.2. The van der Waals surface area contributed by atoms with E-state index in [2.05, 4.69) is 26.1 Å². The Kier molecular flexibility index (Phi) is 3.01. The molecule has 1 unspecified atom stereocenters. The van der Waals surface area contributed by atoms with Crippen molar-refractivity contribution >= 4 is 0 Å². The van der Waals surface area contributed by atoms with Crippen molar-refractivity contribution < 1.29 is 4.74 Å². The number of hydrogen-bond donors (Lipinski definition) is 1. The van der Waals surface area contributed by atoms with Crippen molar-refractivity contribution in [1.29, 1.82) is 0 Å². The predicted octanol–water partition coefficient (Wildman–Crippen LogP) is 2.13. The molecule has 0 fully saturated rings. The number of nitrogens with one attached hydrogen (secondary N) is 1. The van der Waals surface area contributed by atoms with Gasteiger partial charge in [0, 0.05) is 7.05 Å². The summed E-state index contributed by atoms with van der Waals surface area (Å²) in [4.78, 5) is 0. The van der Waals surface area contributed by atoms with Crippen LogP contribution < -0.4 is 5.32 Å². The van der Waals surface area contributed by atoms with Crippen LogP contribution in [0.15, 0.2) is 11.5 Å². The van der Waals surface area contributed by atoms with Gasteiger partial charge in [-0.25, -0.2) is 0 Å². The van der Waals surface area contributed by atoms with Crippen LogP contribution in [-0.4, -0.2) is 13.7 Å². The highest BCUT2D eigenvalue weighted by molar-refractivity contribution is 5.14. The molecule has 2 heteroatoms. The molecule has 0 bridgehead atoms. The molecule has 1 heterocycles. The summed E-state index contributed by atoms with van der Waals surface area (Å²) in [6, 6.07) is 0. The Morgan fingerprint density at radius 2 is 2.17 bits per heavy atom. The van der Waals surface area contributed by atoms with Gasteiger partial charge in [-0.2, -0.15) is 0 Å². The third kappa shape index (κ3) is 1.74. The zero-order chi connectivity index (χ0) is 9.14. The first-order valence-electron chi connectivity index (χ1n) is 4.71. The van der Waals surface area contributed by atoms with Gasteiger partial charge in [0.2, 0.25) is 0 Å². The van der Waals surface area contributed by atoms with E-state index in [0.29, 0.717) is 11.8 Å². The molecule has 0 aromatic carbocycles. The van der Waals surface area contributed by atoms with Crippen LogP contribution in [0.1, 0.15) is 27.2 Å². The zero-order valence-electron chi connectivity index (χ0n) is 8.48. The SMILES string of the molecule is CNC1=C(C(C)C)C(C)CCO1. The first-order valence-corrected chi connectivity index (χ1v) is 4.71. The van der Waals surface area contributed by atoms with E-state index >= 15 is 0 Å². The lowest BCUT2D eigenvalue weighted by molar-refractivity contribution is 0.147. The van der Waals surface area contributed by atoms with Crippen LogP contribution in [0.4, 0.5) is 0 Å². The summed E-state index contributed by atoms with van der Waals surface area (Å²) in [7, 11) is 1.93. The molecule has 1 aliphatic rings. The van der Waals surface area contributed by atoms with Crippen LogP contribution in [0, 0.1) is 11.8 Å². The van der Waals surface area contributed by atoms with E-state index in [4.69, 9.17) is 4.74 Å². The summed E-state index contributed by atoms with van der Waals surface area (Å²) in [5.74, 6) is 2.26. The van der Waals surface area contributed by atoms with Crippen LogP contribution in [-0.2, 0) is 4.74 Å². The highest BCUT2D eigenvalue weighted by Gasteiger charge is 2.22. The average Bonchev–Trinajstić information content (AvgIpc) is 2.03. The monoisotopic (exact) mass is 169 g/mol. The van der Waals surface area contributed by atoms with E-state index in [1.54, 1.807) is 0 Å². The number of allylic oxidation sites excluding steroid dienone is 1. The Bertz CT molecular complexity index is 184.